The average Bonchev–Trinajstić information content (AvgIpc) is 2.00. The summed E-state index contributed by atoms with van der Waals surface area (Å²) in [6.07, 6.45) is 4.68. The number of allylic oxidation sites excluding steroid dienone is 1. The zero-order chi connectivity index (χ0) is 11.9. The number of rotatable bonds is 4. The van der Waals surface area contributed by atoms with E-state index in [2.05, 4.69) is 45.3 Å². The van der Waals surface area contributed by atoms with Crippen molar-refractivity contribution in [1.29, 1.82) is 0 Å². The molecular formula is C12H24N2O. The van der Waals surface area contributed by atoms with Crippen molar-refractivity contribution in [2.75, 3.05) is 6.54 Å². The number of carbonyl (C=O) groups is 1. The van der Waals surface area contributed by atoms with Crippen LogP contribution in [0.3, 0.4) is 0 Å². The molecule has 2 N–H and O–H groups in total. The summed E-state index contributed by atoms with van der Waals surface area (Å²) in [6.45, 7) is 11.3. The lowest BCUT2D eigenvalue weighted by Gasteiger charge is -2.11. The zero-order valence-corrected chi connectivity index (χ0v) is 10.6. The van der Waals surface area contributed by atoms with E-state index in [1.54, 1.807) is 6.20 Å². The van der Waals surface area contributed by atoms with E-state index in [0.717, 1.165) is 13.0 Å². The third-order valence-electron chi connectivity index (χ3n) is 1.81. The molecule has 0 aromatic heterocycles. The van der Waals surface area contributed by atoms with E-state index < -0.39 is 0 Å². The van der Waals surface area contributed by atoms with E-state index in [1.165, 1.54) is 0 Å². The van der Waals surface area contributed by atoms with Crippen LogP contribution in [0.15, 0.2) is 12.3 Å². The second-order valence-corrected chi connectivity index (χ2v) is 5.28. The highest BCUT2D eigenvalue weighted by Crippen LogP contribution is 2.13. The summed E-state index contributed by atoms with van der Waals surface area (Å²) < 4.78 is 0. The first-order valence-corrected chi connectivity index (χ1v) is 5.53. The Kier molecular flexibility index (Phi) is 6.06. The van der Waals surface area contributed by atoms with Gasteiger partial charge in [-0.1, -0.05) is 40.7 Å². The number of hydrogen-bond acceptors (Lipinski definition) is 1. The molecule has 0 aliphatic rings. The van der Waals surface area contributed by atoms with Gasteiger partial charge in [0, 0.05) is 12.7 Å². The third-order valence-corrected chi connectivity index (χ3v) is 1.81. The molecule has 0 aliphatic heterocycles. The minimum Gasteiger partial charge on any atom is -0.338 e. The molecule has 0 saturated heterocycles. The van der Waals surface area contributed by atoms with Crippen molar-refractivity contribution < 1.29 is 4.79 Å². The highest BCUT2D eigenvalue weighted by molar-refractivity contribution is 5.74. The van der Waals surface area contributed by atoms with Crippen molar-refractivity contribution in [3.8, 4) is 0 Å². The molecule has 0 saturated carbocycles. The van der Waals surface area contributed by atoms with Gasteiger partial charge >= 0.3 is 6.03 Å². The molecule has 2 amide bonds. The Morgan fingerprint density at radius 1 is 1.33 bits per heavy atom. The van der Waals surface area contributed by atoms with E-state index in [4.69, 9.17) is 0 Å². The molecule has 0 fully saturated rings. The summed E-state index contributed by atoms with van der Waals surface area (Å²) in [4.78, 5) is 11.2. The van der Waals surface area contributed by atoms with Crippen LogP contribution in [0.5, 0.6) is 0 Å². The number of carbonyl (C=O) groups excluding carboxylic acids is 1. The topological polar surface area (TPSA) is 41.1 Å². The van der Waals surface area contributed by atoms with Crippen molar-refractivity contribution in [2.45, 2.75) is 41.0 Å². The van der Waals surface area contributed by atoms with Gasteiger partial charge in [-0.2, -0.15) is 0 Å². The third kappa shape index (κ3) is 10.9. The molecule has 15 heavy (non-hydrogen) atoms. The van der Waals surface area contributed by atoms with Crippen LogP contribution >= 0.6 is 0 Å². The monoisotopic (exact) mass is 212 g/mol. The number of hydrogen-bond donors (Lipinski definition) is 2. The van der Waals surface area contributed by atoms with Gasteiger partial charge in [0.1, 0.15) is 0 Å². The van der Waals surface area contributed by atoms with E-state index >= 15 is 0 Å². The molecule has 0 aromatic carbocycles. The molecule has 3 nitrogen and oxygen atoms in total. The fourth-order valence-corrected chi connectivity index (χ4v) is 0.893. The van der Waals surface area contributed by atoms with E-state index in [9.17, 15) is 4.79 Å². The lowest BCUT2D eigenvalue weighted by Crippen LogP contribution is -2.33. The number of nitrogens with one attached hydrogen (secondary N) is 2. The first-order chi connectivity index (χ1) is 6.81. The predicted octanol–water partition coefficient (Wildman–Crippen LogP) is 2.89. The minimum atomic E-state index is -0.129. The van der Waals surface area contributed by atoms with Crippen molar-refractivity contribution in [3.63, 3.8) is 0 Å². The maximum Gasteiger partial charge on any atom is 0.318 e. The molecular weight excluding hydrogens is 188 g/mol. The SMILES string of the molecule is CC(C)CCNC(=O)N/C=C/C(C)(C)C. The molecule has 0 bridgehead atoms. The standard InChI is InChI=1S/C12H24N2O/c1-10(2)6-8-13-11(15)14-9-7-12(3,4)5/h7,9-10H,6,8H2,1-5H3,(H2,13,14,15)/b9-7+. The molecule has 0 heterocycles. The maximum absolute atomic E-state index is 11.2. The van der Waals surface area contributed by atoms with Crippen LogP contribution in [0, 0.1) is 11.3 Å². The molecule has 0 spiro atoms. The summed E-state index contributed by atoms with van der Waals surface area (Å²) in [5.74, 6) is 0.621. The number of amides is 2. The molecule has 0 aliphatic carbocycles. The van der Waals surface area contributed by atoms with E-state index in [0.29, 0.717) is 5.92 Å². The smallest absolute Gasteiger partial charge is 0.318 e. The average molecular weight is 212 g/mol. The van der Waals surface area contributed by atoms with Crippen LogP contribution in [0.4, 0.5) is 4.79 Å². The van der Waals surface area contributed by atoms with Crippen molar-refractivity contribution in [1.82, 2.24) is 10.6 Å². The van der Waals surface area contributed by atoms with Crippen LogP contribution in [-0.2, 0) is 0 Å². The van der Waals surface area contributed by atoms with Crippen molar-refractivity contribution in [2.24, 2.45) is 11.3 Å². The first-order valence-electron chi connectivity index (χ1n) is 5.53. The van der Waals surface area contributed by atoms with Gasteiger partial charge in [0.25, 0.3) is 0 Å². The van der Waals surface area contributed by atoms with Gasteiger partial charge in [-0.3, -0.25) is 0 Å². The lowest BCUT2D eigenvalue weighted by molar-refractivity contribution is 0.243. The van der Waals surface area contributed by atoms with Crippen LogP contribution in [0.25, 0.3) is 0 Å². The second kappa shape index (κ2) is 6.49. The molecule has 3 heteroatoms. The fraction of sp³-hybridized carbons (Fsp3) is 0.750. The summed E-state index contributed by atoms with van der Waals surface area (Å²) in [6, 6.07) is -0.129. The molecule has 0 rings (SSSR count). The van der Waals surface area contributed by atoms with Crippen molar-refractivity contribution in [3.05, 3.63) is 12.3 Å². The van der Waals surface area contributed by atoms with Crippen molar-refractivity contribution >= 4 is 6.03 Å². The second-order valence-electron chi connectivity index (χ2n) is 5.28. The summed E-state index contributed by atoms with van der Waals surface area (Å²) in [5.41, 5.74) is 0.102. The minimum absolute atomic E-state index is 0.102. The Morgan fingerprint density at radius 3 is 2.40 bits per heavy atom. The van der Waals surface area contributed by atoms with E-state index in [-0.39, 0.29) is 11.4 Å². The van der Waals surface area contributed by atoms with Gasteiger partial charge in [-0.05, 0) is 17.8 Å². The van der Waals surface area contributed by atoms with Gasteiger partial charge in [0.15, 0.2) is 0 Å². The van der Waals surface area contributed by atoms with Crippen LogP contribution in [-0.4, -0.2) is 12.6 Å². The van der Waals surface area contributed by atoms with Crippen LogP contribution < -0.4 is 10.6 Å². The largest absolute Gasteiger partial charge is 0.338 e. The Morgan fingerprint density at radius 2 is 1.93 bits per heavy atom. The Hall–Kier alpha value is -0.990. The Labute approximate surface area is 93.3 Å². The highest BCUT2D eigenvalue weighted by Gasteiger charge is 2.04. The predicted molar refractivity (Wildman–Crippen MR) is 64.6 cm³/mol. The molecule has 0 atom stereocenters. The summed E-state index contributed by atoms with van der Waals surface area (Å²) >= 11 is 0. The summed E-state index contributed by atoms with van der Waals surface area (Å²) in [7, 11) is 0. The molecule has 0 radical (unpaired) electrons. The van der Waals surface area contributed by atoms with Gasteiger partial charge < -0.3 is 10.6 Å². The normalized spacial score (nSPS) is 12.1. The number of urea groups is 1. The molecule has 0 unspecified atom stereocenters. The Balaban J connectivity index is 3.63. The van der Waals surface area contributed by atoms with Crippen LogP contribution in [0.2, 0.25) is 0 Å². The lowest BCUT2D eigenvalue weighted by atomic mass is 9.97. The van der Waals surface area contributed by atoms with Gasteiger partial charge in [-0.15, -0.1) is 0 Å². The quantitative estimate of drug-likeness (QED) is 0.739. The van der Waals surface area contributed by atoms with Gasteiger partial charge in [0.05, 0.1) is 0 Å². The van der Waals surface area contributed by atoms with Gasteiger partial charge in [0.2, 0.25) is 0 Å². The highest BCUT2D eigenvalue weighted by atomic mass is 16.2. The van der Waals surface area contributed by atoms with Gasteiger partial charge in [-0.25, -0.2) is 4.79 Å². The first kappa shape index (κ1) is 14.0. The fourth-order valence-electron chi connectivity index (χ4n) is 0.893. The van der Waals surface area contributed by atoms with Crippen LogP contribution in [0.1, 0.15) is 41.0 Å². The molecule has 88 valence electrons. The Bertz CT molecular complexity index is 214. The molecule has 0 aromatic rings. The maximum atomic E-state index is 11.2. The van der Waals surface area contributed by atoms with E-state index in [1.807, 2.05) is 6.08 Å². The zero-order valence-electron chi connectivity index (χ0n) is 10.6. The summed E-state index contributed by atoms with van der Waals surface area (Å²) in [5, 5.41) is 5.48.